The van der Waals surface area contributed by atoms with Gasteiger partial charge in [-0.05, 0) is 31.2 Å². The summed E-state index contributed by atoms with van der Waals surface area (Å²) in [4.78, 5) is 23.8. The number of aromatic nitrogens is 3. The van der Waals surface area contributed by atoms with E-state index < -0.39 is 23.5 Å². The zero-order valence-electron chi connectivity index (χ0n) is 15.5. The minimum atomic E-state index is -0.738. The molecule has 30 heavy (non-hydrogen) atoms. The second kappa shape index (κ2) is 8.07. The number of benzene rings is 1. The Morgan fingerprint density at radius 1 is 1.17 bits per heavy atom. The Bertz CT molecular complexity index is 1260. The van der Waals surface area contributed by atoms with Crippen LogP contribution in [0.5, 0.6) is 0 Å². The molecule has 4 aromatic rings. The molecule has 6 nitrogen and oxygen atoms in total. The molecule has 0 atom stereocenters. The fourth-order valence-electron chi connectivity index (χ4n) is 2.94. The first-order valence-electron chi connectivity index (χ1n) is 8.87. The van der Waals surface area contributed by atoms with E-state index in [1.165, 1.54) is 30.6 Å². The van der Waals surface area contributed by atoms with E-state index in [2.05, 4.69) is 25.6 Å². The molecule has 0 aliphatic heterocycles. The summed E-state index contributed by atoms with van der Waals surface area (Å²) in [5.74, 6) is -1.99. The maximum absolute atomic E-state index is 15.3. The molecule has 10 heteroatoms. The number of hydrogen-bond donors (Lipinski definition) is 2. The molecular formula is C20H14F3N5OS. The van der Waals surface area contributed by atoms with E-state index >= 15 is 4.39 Å². The van der Waals surface area contributed by atoms with E-state index in [0.717, 1.165) is 23.6 Å². The van der Waals surface area contributed by atoms with E-state index in [0.29, 0.717) is 11.2 Å². The number of amides is 2. The van der Waals surface area contributed by atoms with Gasteiger partial charge < -0.3 is 5.32 Å². The summed E-state index contributed by atoms with van der Waals surface area (Å²) in [7, 11) is 0. The molecule has 2 amide bonds. The van der Waals surface area contributed by atoms with E-state index in [-0.39, 0.29) is 33.0 Å². The smallest absolute Gasteiger partial charge is 0.321 e. The number of nitrogens with one attached hydrogen (secondary N) is 2. The van der Waals surface area contributed by atoms with Crippen molar-refractivity contribution in [3.63, 3.8) is 0 Å². The van der Waals surface area contributed by atoms with Crippen molar-refractivity contribution >= 4 is 32.7 Å². The van der Waals surface area contributed by atoms with Crippen LogP contribution in [-0.4, -0.2) is 27.5 Å². The molecule has 0 aliphatic carbocycles. The van der Waals surface area contributed by atoms with Crippen LogP contribution < -0.4 is 10.6 Å². The molecule has 1 aromatic carbocycles. The maximum atomic E-state index is 15.3. The lowest BCUT2D eigenvalue weighted by molar-refractivity contribution is 0.252. The number of carbonyl (C=O) groups excluding carboxylic acids is 1. The van der Waals surface area contributed by atoms with E-state index in [9.17, 15) is 13.6 Å². The number of halogens is 3. The second-order valence-corrected chi connectivity index (χ2v) is 7.19. The van der Waals surface area contributed by atoms with Crippen molar-refractivity contribution in [2.75, 3.05) is 11.9 Å². The molecule has 0 unspecified atom stereocenters. The van der Waals surface area contributed by atoms with Crippen LogP contribution in [0.25, 0.3) is 32.6 Å². The molecule has 0 aliphatic rings. The highest BCUT2D eigenvalue weighted by Gasteiger charge is 2.22. The highest BCUT2D eigenvalue weighted by atomic mass is 32.1. The van der Waals surface area contributed by atoms with Gasteiger partial charge in [-0.1, -0.05) is 11.3 Å². The molecule has 0 radical (unpaired) electrons. The molecule has 4 rings (SSSR count). The SMILES string of the molecule is CCNC(=O)Nc1nc2c(F)c(-c3cncc(F)c3)cc(-c3ncccc3F)c2s1. The average Bonchev–Trinajstić information content (AvgIpc) is 3.13. The van der Waals surface area contributed by atoms with Gasteiger partial charge in [-0.25, -0.2) is 22.9 Å². The number of pyridine rings is 2. The predicted molar refractivity (Wildman–Crippen MR) is 109 cm³/mol. The standard InChI is InChI=1S/C20H14F3N5OS/c1-2-25-19(29)28-20-27-17-15(23)12(10-6-11(21)9-24-8-10)7-13(18(17)30-20)16-14(22)4-3-5-26-16/h3-9H,2H2,1H3,(H2,25,27,28,29). The number of urea groups is 1. The summed E-state index contributed by atoms with van der Waals surface area (Å²) in [5.41, 5.74) is 0.322. The molecule has 152 valence electrons. The number of fused-ring (bicyclic) bond motifs is 1. The van der Waals surface area contributed by atoms with Crippen molar-refractivity contribution < 1.29 is 18.0 Å². The van der Waals surface area contributed by atoms with Gasteiger partial charge in [-0.15, -0.1) is 0 Å². The number of anilines is 1. The topological polar surface area (TPSA) is 79.8 Å². The Hall–Kier alpha value is -3.53. The molecule has 0 spiro atoms. The Labute approximate surface area is 172 Å². The Morgan fingerprint density at radius 2 is 2.00 bits per heavy atom. The van der Waals surface area contributed by atoms with Crippen LogP contribution in [0.15, 0.2) is 42.9 Å². The summed E-state index contributed by atoms with van der Waals surface area (Å²) in [6, 6.07) is 4.67. The quantitative estimate of drug-likeness (QED) is 0.480. The number of carbonyl (C=O) groups is 1. The van der Waals surface area contributed by atoms with Gasteiger partial charge in [-0.3, -0.25) is 15.3 Å². The first kappa shape index (κ1) is 19.8. The molecule has 2 N–H and O–H groups in total. The summed E-state index contributed by atoms with van der Waals surface area (Å²) >= 11 is 0.983. The van der Waals surface area contributed by atoms with Crippen molar-refractivity contribution in [2.24, 2.45) is 0 Å². The molecule has 3 heterocycles. The van der Waals surface area contributed by atoms with Gasteiger partial charge in [0.05, 0.1) is 10.9 Å². The van der Waals surface area contributed by atoms with Crippen molar-refractivity contribution in [2.45, 2.75) is 6.92 Å². The van der Waals surface area contributed by atoms with Crippen LogP contribution in [0.3, 0.4) is 0 Å². The molecule has 0 saturated heterocycles. The fraction of sp³-hybridized carbons (Fsp3) is 0.100. The van der Waals surface area contributed by atoms with Crippen LogP contribution in [0.1, 0.15) is 6.92 Å². The lowest BCUT2D eigenvalue weighted by Gasteiger charge is -2.09. The normalized spacial score (nSPS) is 10.9. The van der Waals surface area contributed by atoms with Crippen LogP contribution in [0, 0.1) is 17.5 Å². The number of nitrogens with zero attached hydrogens (tertiary/aromatic N) is 3. The first-order valence-corrected chi connectivity index (χ1v) is 9.69. The highest BCUT2D eigenvalue weighted by Crippen LogP contribution is 2.40. The Morgan fingerprint density at radius 3 is 2.73 bits per heavy atom. The minimum Gasteiger partial charge on any atom is -0.338 e. The van der Waals surface area contributed by atoms with E-state index in [4.69, 9.17) is 0 Å². The number of rotatable bonds is 4. The Kier molecular flexibility index (Phi) is 5.32. The summed E-state index contributed by atoms with van der Waals surface area (Å²) < 4.78 is 43.8. The van der Waals surface area contributed by atoms with Gasteiger partial charge in [0.2, 0.25) is 0 Å². The number of thiazole rings is 1. The third-order valence-corrected chi connectivity index (χ3v) is 5.20. The van der Waals surface area contributed by atoms with Crippen LogP contribution in [0.4, 0.5) is 23.1 Å². The third-order valence-electron chi connectivity index (χ3n) is 4.19. The Balaban J connectivity index is 1.97. The van der Waals surface area contributed by atoms with Gasteiger partial charge in [0.15, 0.2) is 10.9 Å². The second-order valence-electron chi connectivity index (χ2n) is 6.19. The average molecular weight is 429 g/mol. The zero-order valence-corrected chi connectivity index (χ0v) is 16.4. The molecular weight excluding hydrogens is 415 g/mol. The van der Waals surface area contributed by atoms with Gasteiger partial charge in [0.25, 0.3) is 0 Å². The minimum absolute atomic E-state index is 0.00980. The van der Waals surface area contributed by atoms with Crippen molar-refractivity contribution in [1.29, 1.82) is 0 Å². The lowest BCUT2D eigenvalue weighted by atomic mass is 10.0. The van der Waals surface area contributed by atoms with Crippen molar-refractivity contribution in [1.82, 2.24) is 20.3 Å². The predicted octanol–water partition coefficient (Wildman–Crippen LogP) is 4.98. The molecule has 0 saturated carbocycles. The first-order chi connectivity index (χ1) is 14.5. The zero-order chi connectivity index (χ0) is 21.3. The van der Waals surface area contributed by atoms with Crippen molar-refractivity contribution in [3.8, 4) is 22.4 Å². The van der Waals surface area contributed by atoms with Crippen LogP contribution >= 0.6 is 11.3 Å². The molecule has 0 fully saturated rings. The number of hydrogen-bond acceptors (Lipinski definition) is 5. The van der Waals surface area contributed by atoms with E-state index in [1.807, 2.05) is 0 Å². The maximum Gasteiger partial charge on any atom is 0.321 e. The largest absolute Gasteiger partial charge is 0.338 e. The van der Waals surface area contributed by atoms with Gasteiger partial charge in [0.1, 0.15) is 22.8 Å². The highest BCUT2D eigenvalue weighted by molar-refractivity contribution is 7.22. The lowest BCUT2D eigenvalue weighted by Crippen LogP contribution is -2.28. The van der Waals surface area contributed by atoms with Crippen LogP contribution in [0.2, 0.25) is 0 Å². The summed E-state index contributed by atoms with van der Waals surface area (Å²) in [6.45, 7) is 2.14. The van der Waals surface area contributed by atoms with E-state index in [1.54, 1.807) is 6.92 Å². The van der Waals surface area contributed by atoms with Crippen molar-refractivity contribution in [3.05, 3.63) is 60.3 Å². The van der Waals surface area contributed by atoms with Gasteiger partial charge >= 0.3 is 6.03 Å². The molecule has 0 bridgehead atoms. The summed E-state index contributed by atoms with van der Waals surface area (Å²) in [5, 5.41) is 5.20. The van der Waals surface area contributed by atoms with Gasteiger partial charge in [-0.2, -0.15) is 0 Å². The monoisotopic (exact) mass is 429 g/mol. The van der Waals surface area contributed by atoms with Gasteiger partial charge in [0, 0.05) is 35.6 Å². The fourth-order valence-corrected chi connectivity index (χ4v) is 3.91. The molecule has 3 aromatic heterocycles. The third kappa shape index (κ3) is 3.69. The summed E-state index contributed by atoms with van der Waals surface area (Å²) in [6.07, 6.45) is 3.70. The van der Waals surface area contributed by atoms with Crippen LogP contribution in [-0.2, 0) is 0 Å².